The van der Waals surface area contributed by atoms with Gasteiger partial charge in [-0.25, -0.2) is 0 Å². The first-order valence-electron chi connectivity index (χ1n) is 10.8. The van der Waals surface area contributed by atoms with E-state index in [4.69, 9.17) is 24.7 Å². The number of anilines is 1. The number of ether oxygens (including phenoxy) is 4. The van der Waals surface area contributed by atoms with Crippen molar-refractivity contribution >= 4 is 35.5 Å². The van der Waals surface area contributed by atoms with Crippen LogP contribution in [0.5, 0.6) is 23.0 Å². The van der Waals surface area contributed by atoms with Crippen molar-refractivity contribution in [2.24, 2.45) is 11.7 Å². The van der Waals surface area contributed by atoms with Crippen LogP contribution in [0.3, 0.4) is 0 Å². The van der Waals surface area contributed by atoms with Crippen LogP contribution in [0.2, 0.25) is 0 Å². The number of hydrogen-bond donors (Lipinski definition) is 2. The van der Waals surface area contributed by atoms with Crippen molar-refractivity contribution in [2.75, 3.05) is 33.8 Å². The van der Waals surface area contributed by atoms with Gasteiger partial charge in [0.25, 0.3) is 0 Å². The van der Waals surface area contributed by atoms with Crippen molar-refractivity contribution in [2.45, 2.75) is 26.3 Å². The first-order valence-corrected chi connectivity index (χ1v) is 11.6. The number of hydrogen-bond acceptors (Lipinski definition) is 8. The molecule has 2 aromatic carbocycles. The number of benzene rings is 2. The Morgan fingerprint density at radius 3 is 2.14 bits per heavy atom. The number of aromatic nitrogens is 1. The molecule has 1 unspecified atom stereocenters. The molecule has 0 saturated heterocycles. The molecule has 1 amide bonds. The normalized spacial score (nSPS) is 11.4. The Labute approximate surface area is 216 Å². The van der Waals surface area contributed by atoms with E-state index in [1.807, 2.05) is 44.2 Å². The Morgan fingerprint density at radius 2 is 1.60 bits per heavy atom. The molecule has 8 nitrogen and oxygen atoms in total. The van der Waals surface area contributed by atoms with E-state index in [1.165, 1.54) is 11.5 Å². The van der Waals surface area contributed by atoms with E-state index in [2.05, 4.69) is 9.69 Å². The lowest BCUT2D eigenvalue weighted by atomic mass is 10.0. The van der Waals surface area contributed by atoms with Gasteiger partial charge in [-0.1, -0.05) is 19.9 Å². The van der Waals surface area contributed by atoms with Crippen LogP contribution in [0, 0.1) is 5.92 Å². The van der Waals surface area contributed by atoms with Gasteiger partial charge in [-0.2, -0.15) is 4.37 Å². The fourth-order valence-electron chi connectivity index (χ4n) is 3.68. The van der Waals surface area contributed by atoms with Crippen LogP contribution >= 0.6 is 23.9 Å². The van der Waals surface area contributed by atoms with Crippen molar-refractivity contribution < 1.29 is 23.7 Å². The summed E-state index contributed by atoms with van der Waals surface area (Å²) in [6.07, 6.45) is 2.38. The Morgan fingerprint density at radius 1 is 0.971 bits per heavy atom. The molecule has 3 rings (SSSR count). The third-order valence-corrected chi connectivity index (χ3v) is 6.18. The third-order valence-electron chi connectivity index (χ3n) is 5.33. The summed E-state index contributed by atoms with van der Waals surface area (Å²) in [7, 11) is 6.29. The van der Waals surface area contributed by atoms with E-state index in [0.29, 0.717) is 41.0 Å². The fourth-order valence-corrected chi connectivity index (χ4v) is 4.43. The van der Waals surface area contributed by atoms with Crippen LogP contribution in [-0.4, -0.2) is 44.8 Å². The molecular weight excluding hydrogens is 490 g/mol. The zero-order valence-electron chi connectivity index (χ0n) is 20.7. The first kappa shape index (κ1) is 28.2. The number of methoxy groups -OCH3 is 4. The summed E-state index contributed by atoms with van der Waals surface area (Å²) in [5.74, 6) is 2.23. The lowest BCUT2D eigenvalue weighted by molar-refractivity contribution is -0.117. The van der Waals surface area contributed by atoms with Gasteiger partial charge in [0, 0.05) is 17.3 Å². The molecule has 10 heteroatoms. The molecule has 1 aromatic heterocycles. The highest BCUT2D eigenvalue weighted by atomic mass is 35.5. The van der Waals surface area contributed by atoms with Gasteiger partial charge in [0.15, 0.2) is 11.5 Å². The minimum Gasteiger partial charge on any atom is -0.495 e. The molecule has 3 N–H and O–H groups in total. The minimum absolute atomic E-state index is 0. The zero-order chi connectivity index (χ0) is 24.8. The number of nitrogens with one attached hydrogen (secondary N) is 1. The second kappa shape index (κ2) is 12.6. The maximum absolute atomic E-state index is 12.7. The average molecular weight is 522 g/mol. The summed E-state index contributed by atoms with van der Waals surface area (Å²) in [4.78, 5) is 13.6. The quantitative estimate of drug-likeness (QED) is 0.375. The van der Waals surface area contributed by atoms with Gasteiger partial charge in [0.2, 0.25) is 11.7 Å². The van der Waals surface area contributed by atoms with Gasteiger partial charge in [-0.3, -0.25) is 4.79 Å². The number of rotatable bonds is 10. The van der Waals surface area contributed by atoms with E-state index in [9.17, 15) is 4.79 Å². The second-order valence-corrected chi connectivity index (χ2v) is 8.92. The number of nitrogens with zero attached hydrogens (tertiary/aromatic N) is 1. The maximum Gasteiger partial charge on any atom is 0.241 e. The largest absolute Gasteiger partial charge is 0.495 e. The highest BCUT2D eigenvalue weighted by Crippen LogP contribution is 2.45. The average Bonchev–Trinajstić information content (AvgIpc) is 3.32. The Kier molecular flexibility index (Phi) is 10.2. The van der Waals surface area contributed by atoms with Gasteiger partial charge in [-0.05, 0) is 53.7 Å². The Hall–Kier alpha value is -3.01. The van der Waals surface area contributed by atoms with E-state index < -0.39 is 6.04 Å². The number of carbonyl (C=O) groups is 1. The van der Waals surface area contributed by atoms with Gasteiger partial charge in [0.05, 0.1) is 45.0 Å². The highest BCUT2D eigenvalue weighted by Gasteiger charge is 2.20. The molecule has 0 spiro atoms. The van der Waals surface area contributed by atoms with Crippen LogP contribution in [0.4, 0.5) is 5.69 Å². The lowest BCUT2D eigenvalue weighted by Crippen LogP contribution is -2.36. The molecule has 35 heavy (non-hydrogen) atoms. The molecule has 0 bridgehead atoms. The molecule has 190 valence electrons. The molecule has 0 aliphatic carbocycles. The zero-order valence-corrected chi connectivity index (χ0v) is 22.3. The molecule has 0 aliphatic rings. The number of amides is 1. The predicted molar refractivity (Wildman–Crippen MR) is 143 cm³/mol. The summed E-state index contributed by atoms with van der Waals surface area (Å²) < 4.78 is 26.3. The van der Waals surface area contributed by atoms with Crippen LogP contribution in [0.25, 0.3) is 21.6 Å². The molecule has 0 saturated carbocycles. The molecular formula is C25H32ClN3O5S. The van der Waals surface area contributed by atoms with Gasteiger partial charge in [0.1, 0.15) is 5.75 Å². The van der Waals surface area contributed by atoms with Gasteiger partial charge < -0.3 is 30.0 Å². The molecule has 1 heterocycles. The predicted octanol–water partition coefficient (Wildman–Crippen LogP) is 5.25. The van der Waals surface area contributed by atoms with Crippen LogP contribution in [-0.2, 0) is 4.79 Å². The van der Waals surface area contributed by atoms with Crippen molar-refractivity contribution in [1.82, 2.24) is 4.37 Å². The van der Waals surface area contributed by atoms with Crippen LogP contribution < -0.4 is 30.0 Å². The summed E-state index contributed by atoms with van der Waals surface area (Å²) in [5, 5.41) is 2.92. The summed E-state index contributed by atoms with van der Waals surface area (Å²) >= 11 is 1.35. The first-order chi connectivity index (χ1) is 16.3. The van der Waals surface area contributed by atoms with Crippen molar-refractivity contribution in [1.29, 1.82) is 0 Å². The summed E-state index contributed by atoms with van der Waals surface area (Å²) in [6.45, 7) is 4.06. The standard InChI is InChI=1S/C25H31N3O5S.ClH/c1-14(2)9-18(26)25(29)28-19-10-15(7-8-20(19)30-3)17-13-27-34-24(17)16-11-21(31-4)23(33-6)22(12-16)32-5;/h7-8,10-14,18H,9,26H2,1-6H3,(H,28,29);1H. The van der Waals surface area contributed by atoms with Crippen molar-refractivity contribution in [3.63, 3.8) is 0 Å². The Balaban J connectivity index is 0.00000432. The smallest absolute Gasteiger partial charge is 0.241 e. The molecule has 1 atom stereocenters. The van der Waals surface area contributed by atoms with Crippen molar-refractivity contribution in [3.05, 3.63) is 36.5 Å². The summed E-state index contributed by atoms with van der Waals surface area (Å²) in [6, 6.07) is 8.77. The monoisotopic (exact) mass is 521 g/mol. The second-order valence-electron chi connectivity index (χ2n) is 8.12. The molecule has 3 aromatic rings. The summed E-state index contributed by atoms with van der Waals surface area (Å²) in [5.41, 5.74) is 9.25. The maximum atomic E-state index is 12.7. The topological polar surface area (TPSA) is 105 Å². The Bertz CT molecular complexity index is 1130. The van der Waals surface area contributed by atoms with Gasteiger partial charge >= 0.3 is 0 Å². The number of halogens is 1. The molecule has 0 aliphatic heterocycles. The third kappa shape index (κ3) is 6.36. The molecule has 0 radical (unpaired) electrons. The lowest BCUT2D eigenvalue weighted by Gasteiger charge is -2.17. The van der Waals surface area contributed by atoms with Crippen LogP contribution in [0.15, 0.2) is 36.5 Å². The van der Waals surface area contributed by atoms with E-state index >= 15 is 0 Å². The van der Waals surface area contributed by atoms with E-state index in [0.717, 1.165) is 21.6 Å². The number of nitrogens with two attached hydrogens (primary N) is 1. The molecule has 0 fully saturated rings. The minimum atomic E-state index is -0.606. The van der Waals surface area contributed by atoms with E-state index in [1.54, 1.807) is 34.6 Å². The fraction of sp³-hybridized carbons (Fsp3) is 0.360. The van der Waals surface area contributed by atoms with Crippen molar-refractivity contribution in [3.8, 4) is 44.6 Å². The SMILES string of the molecule is COc1ccc(-c2cnsc2-c2cc(OC)c(OC)c(OC)c2)cc1NC(=O)C(N)CC(C)C.Cl. The van der Waals surface area contributed by atoms with E-state index in [-0.39, 0.29) is 18.3 Å². The highest BCUT2D eigenvalue weighted by molar-refractivity contribution is 7.10. The van der Waals surface area contributed by atoms with Gasteiger partial charge in [-0.15, -0.1) is 12.4 Å². The number of carbonyl (C=O) groups excluding carboxylic acids is 1. The van der Waals surface area contributed by atoms with Crippen LogP contribution in [0.1, 0.15) is 20.3 Å².